The van der Waals surface area contributed by atoms with Crippen molar-refractivity contribution < 1.29 is 29.0 Å². The molecule has 4 atom stereocenters. The van der Waals surface area contributed by atoms with Crippen LogP contribution >= 0.6 is 0 Å². The van der Waals surface area contributed by atoms with Gasteiger partial charge < -0.3 is 20.8 Å². The molecule has 4 unspecified atom stereocenters. The van der Waals surface area contributed by atoms with Gasteiger partial charge in [-0.05, 0) is 76.2 Å². The van der Waals surface area contributed by atoms with Crippen molar-refractivity contribution in [2.45, 2.75) is 323 Å². The molecule has 0 aromatic carbocycles. The summed E-state index contributed by atoms with van der Waals surface area (Å²) in [6, 6.07) is 0.0135. The van der Waals surface area contributed by atoms with E-state index in [0.29, 0.717) is 37.8 Å². The SMILES string of the molecule is CCCCCCCCCCN(C(=O)C(F)CCCN)C(CCCCCCCCC(=O)O)CCCCCCCC(CC(CCCC)CCCCCC)(CC(CCCC)CCCCCC)C(=O)O. The van der Waals surface area contributed by atoms with Gasteiger partial charge in [0.15, 0.2) is 6.17 Å². The van der Waals surface area contributed by atoms with Gasteiger partial charge in [-0.2, -0.15) is 0 Å². The van der Waals surface area contributed by atoms with Gasteiger partial charge in [0.2, 0.25) is 0 Å². The number of alkyl halides is 1. The van der Waals surface area contributed by atoms with Crippen LogP contribution in [-0.2, 0) is 14.4 Å². The number of nitrogens with two attached hydrogens (primary N) is 1. The van der Waals surface area contributed by atoms with Crippen LogP contribution in [-0.4, -0.2) is 58.3 Å². The lowest BCUT2D eigenvalue weighted by Gasteiger charge is -2.37. The number of halogens is 1. The van der Waals surface area contributed by atoms with Crippen LogP contribution in [0.1, 0.15) is 311 Å². The standard InChI is InChI=1S/C58H113FN2O5/c1-6-11-16-19-20-23-29-36-48-61(56(64)54(59)44-37-47-60)53(42-32-25-21-22-27-34-45-55(62)63)43-33-26-24-28-35-46-58(57(65)66,49-51(38-14-9-4)40-30-17-12-7-2)50-52(39-15-10-5)41-31-18-13-8-3/h51-54H,6-50,60H2,1-5H3,(H,62,63)(H,65,66). The predicted octanol–water partition coefficient (Wildman–Crippen LogP) is 17.7. The number of amides is 1. The molecule has 4 N–H and O–H groups in total. The summed E-state index contributed by atoms with van der Waals surface area (Å²) in [6.07, 6.45) is 43.0. The van der Waals surface area contributed by atoms with Crippen LogP contribution in [0.2, 0.25) is 0 Å². The third kappa shape index (κ3) is 34.6. The molecule has 392 valence electrons. The molecule has 66 heavy (non-hydrogen) atoms. The molecule has 0 aromatic heterocycles. The van der Waals surface area contributed by atoms with Gasteiger partial charge in [0.05, 0.1) is 5.41 Å². The molecule has 0 fully saturated rings. The summed E-state index contributed by atoms with van der Waals surface area (Å²) in [5.41, 5.74) is 5.09. The molecule has 0 aliphatic heterocycles. The number of carboxylic acid groups (broad SMARTS) is 2. The van der Waals surface area contributed by atoms with Gasteiger partial charge in [0.1, 0.15) is 0 Å². The Hall–Kier alpha value is -1.70. The second kappa shape index (κ2) is 45.7. The van der Waals surface area contributed by atoms with E-state index < -0.39 is 23.5 Å². The maximum absolute atomic E-state index is 15.6. The first-order valence-electron chi connectivity index (χ1n) is 29.1. The van der Waals surface area contributed by atoms with Crippen LogP contribution < -0.4 is 5.73 Å². The van der Waals surface area contributed by atoms with Crippen molar-refractivity contribution in [1.82, 2.24) is 4.90 Å². The fourth-order valence-electron chi connectivity index (χ4n) is 10.8. The highest BCUT2D eigenvalue weighted by Crippen LogP contribution is 2.44. The lowest BCUT2D eigenvalue weighted by atomic mass is 9.67. The molecule has 0 bridgehead atoms. The zero-order valence-corrected chi connectivity index (χ0v) is 44.7. The Bertz CT molecular complexity index is 1080. The minimum atomic E-state index is -1.51. The maximum atomic E-state index is 15.6. The van der Waals surface area contributed by atoms with E-state index in [0.717, 1.165) is 154 Å². The first kappa shape index (κ1) is 64.3. The van der Waals surface area contributed by atoms with Gasteiger partial charge in [-0.3, -0.25) is 14.4 Å². The van der Waals surface area contributed by atoms with E-state index >= 15 is 4.39 Å². The van der Waals surface area contributed by atoms with Crippen LogP contribution in [0.3, 0.4) is 0 Å². The number of rotatable bonds is 52. The minimum Gasteiger partial charge on any atom is -0.481 e. The van der Waals surface area contributed by atoms with Crippen molar-refractivity contribution in [3.8, 4) is 0 Å². The van der Waals surface area contributed by atoms with E-state index in [9.17, 15) is 19.5 Å². The minimum absolute atomic E-state index is 0.0135. The average Bonchev–Trinajstić information content (AvgIpc) is 3.30. The third-order valence-corrected chi connectivity index (χ3v) is 15.0. The van der Waals surface area contributed by atoms with Gasteiger partial charge >= 0.3 is 11.9 Å². The summed E-state index contributed by atoms with van der Waals surface area (Å²) in [5.74, 6) is -0.664. The Morgan fingerprint density at radius 3 is 1.29 bits per heavy atom. The van der Waals surface area contributed by atoms with Crippen molar-refractivity contribution in [1.29, 1.82) is 0 Å². The Balaban J connectivity index is 6.04. The molecule has 1 amide bonds. The number of nitrogens with zero attached hydrogens (tertiary/aromatic N) is 1. The molecule has 0 saturated heterocycles. The summed E-state index contributed by atoms with van der Waals surface area (Å²) in [5, 5.41) is 20.3. The zero-order chi connectivity index (χ0) is 48.9. The van der Waals surface area contributed by atoms with Crippen LogP contribution in [0.4, 0.5) is 4.39 Å². The topological polar surface area (TPSA) is 121 Å². The number of aliphatic carboxylic acids is 2. The largest absolute Gasteiger partial charge is 0.481 e. The number of carboxylic acids is 2. The molecular weight excluding hydrogens is 824 g/mol. The quantitative estimate of drug-likeness (QED) is 0.0523. The van der Waals surface area contributed by atoms with E-state index in [4.69, 9.17) is 10.8 Å². The van der Waals surface area contributed by atoms with Crippen LogP contribution in [0.5, 0.6) is 0 Å². The van der Waals surface area contributed by atoms with Crippen molar-refractivity contribution in [3.05, 3.63) is 0 Å². The number of hydrogen-bond donors (Lipinski definition) is 3. The molecule has 7 nitrogen and oxygen atoms in total. The lowest BCUT2D eigenvalue weighted by molar-refractivity contribution is -0.152. The highest BCUT2D eigenvalue weighted by molar-refractivity contribution is 5.81. The van der Waals surface area contributed by atoms with E-state index in [2.05, 4.69) is 34.6 Å². The number of unbranched alkanes of at least 4 members (excludes halogenated alkanes) is 24. The molecule has 0 heterocycles. The molecule has 0 aliphatic rings. The summed E-state index contributed by atoms with van der Waals surface area (Å²) >= 11 is 0. The van der Waals surface area contributed by atoms with Crippen LogP contribution in [0.25, 0.3) is 0 Å². The van der Waals surface area contributed by atoms with Gasteiger partial charge in [0, 0.05) is 19.0 Å². The molecule has 0 saturated carbocycles. The monoisotopic (exact) mass is 937 g/mol. The lowest BCUT2D eigenvalue weighted by Crippen LogP contribution is -2.45. The molecular formula is C58H113FN2O5. The summed E-state index contributed by atoms with van der Waals surface area (Å²) < 4.78 is 15.6. The molecule has 0 aromatic rings. The number of carbonyl (C=O) groups is 3. The van der Waals surface area contributed by atoms with Crippen molar-refractivity contribution >= 4 is 17.8 Å². The third-order valence-electron chi connectivity index (χ3n) is 15.0. The van der Waals surface area contributed by atoms with Gasteiger partial charge in [-0.1, -0.05) is 247 Å². The van der Waals surface area contributed by atoms with E-state index in [1.54, 1.807) is 0 Å². The molecule has 8 heteroatoms. The van der Waals surface area contributed by atoms with Gasteiger partial charge in [0.25, 0.3) is 5.91 Å². The Morgan fingerprint density at radius 2 is 0.848 bits per heavy atom. The van der Waals surface area contributed by atoms with Crippen LogP contribution in [0.15, 0.2) is 0 Å². The number of hydrogen-bond acceptors (Lipinski definition) is 4. The van der Waals surface area contributed by atoms with Crippen molar-refractivity contribution in [2.75, 3.05) is 13.1 Å². The van der Waals surface area contributed by atoms with E-state index in [1.165, 1.54) is 96.3 Å². The van der Waals surface area contributed by atoms with Crippen LogP contribution in [0, 0.1) is 17.3 Å². The van der Waals surface area contributed by atoms with Crippen molar-refractivity contribution in [3.63, 3.8) is 0 Å². The molecule has 0 radical (unpaired) electrons. The Kier molecular flexibility index (Phi) is 44.5. The van der Waals surface area contributed by atoms with E-state index in [1.807, 2.05) is 4.90 Å². The average molecular weight is 938 g/mol. The Morgan fingerprint density at radius 1 is 0.470 bits per heavy atom. The zero-order valence-electron chi connectivity index (χ0n) is 44.7. The summed E-state index contributed by atoms with van der Waals surface area (Å²) in [7, 11) is 0. The molecule has 0 rings (SSSR count). The highest BCUT2D eigenvalue weighted by Gasteiger charge is 2.41. The summed E-state index contributed by atoms with van der Waals surface area (Å²) in [6.45, 7) is 12.3. The first-order chi connectivity index (χ1) is 32.0. The second-order valence-electron chi connectivity index (χ2n) is 21.1. The number of carbonyl (C=O) groups excluding carboxylic acids is 1. The van der Waals surface area contributed by atoms with Crippen molar-refractivity contribution in [2.24, 2.45) is 23.0 Å². The normalized spacial score (nSPS) is 14.5. The van der Waals surface area contributed by atoms with Gasteiger partial charge in [-0.25, -0.2) is 4.39 Å². The Labute approximate surface area is 409 Å². The predicted molar refractivity (Wildman–Crippen MR) is 281 cm³/mol. The molecule has 0 spiro atoms. The smallest absolute Gasteiger partial charge is 0.309 e. The first-order valence-corrected chi connectivity index (χ1v) is 29.1. The van der Waals surface area contributed by atoms with Gasteiger partial charge in [-0.15, -0.1) is 0 Å². The fraction of sp³-hybridized carbons (Fsp3) is 0.948. The summed E-state index contributed by atoms with van der Waals surface area (Å²) in [4.78, 5) is 40.5. The molecule has 0 aliphatic carbocycles. The van der Waals surface area contributed by atoms with E-state index in [-0.39, 0.29) is 24.8 Å². The fourth-order valence-corrected chi connectivity index (χ4v) is 10.8. The maximum Gasteiger partial charge on any atom is 0.309 e. The highest BCUT2D eigenvalue weighted by atomic mass is 19.1. The second-order valence-corrected chi connectivity index (χ2v) is 21.1.